The van der Waals surface area contributed by atoms with Crippen molar-refractivity contribution in [2.75, 3.05) is 5.32 Å². The molecule has 1 heterocycles. The van der Waals surface area contributed by atoms with Crippen molar-refractivity contribution in [1.82, 2.24) is 15.5 Å². The van der Waals surface area contributed by atoms with E-state index in [0.717, 1.165) is 12.8 Å². The number of aromatic nitrogens is 2. The minimum absolute atomic E-state index is 0.0781. The van der Waals surface area contributed by atoms with Crippen LogP contribution >= 0.6 is 11.3 Å². The van der Waals surface area contributed by atoms with Gasteiger partial charge in [-0.25, -0.2) is 4.79 Å². The maximum absolute atomic E-state index is 11.8. The second-order valence-electron chi connectivity index (χ2n) is 4.80. The lowest BCUT2D eigenvalue weighted by Gasteiger charge is -2.29. The molecule has 94 valence electrons. The average molecular weight is 254 g/mol. The van der Waals surface area contributed by atoms with Gasteiger partial charge in [0.1, 0.15) is 5.51 Å². The van der Waals surface area contributed by atoms with Gasteiger partial charge in [0.2, 0.25) is 5.13 Å². The summed E-state index contributed by atoms with van der Waals surface area (Å²) in [5, 5.41) is 13.8. The van der Waals surface area contributed by atoms with Crippen LogP contribution in [0.2, 0.25) is 0 Å². The lowest BCUT2D eigenvalue weighted by atomic mass is 9.93. The lowest BCUT2D eigenvalue weighted by molar-refractivity contribution is 0.234. The van der Waals surface area contributed by atoms with Gasteiger partial charge in [-0.15, -0.1) is 10.2 Å². The van der Waals surface area contributed by atoms with Gasteiger partial charge in [-0.05, 0) is 19.8 Å². The van der Waals surface area contributed by atoms with Crippen LogP contribution in [0.5, 0.6) is 0 Å². The van der Waals surface area contributed by atoms with E-state index in [1.54, 1.807) is 5.51 Å². The largest absolute Gasteiger partial charge is 0.333 e. The Morgan fingerprint density at radius 3 is 2.65 bits per heavy atom. The third-order valence-corrected chi connectivity index (χ3v) is 3.81. The number of amides is 2. The molecule has 0 aromatic carbocycles. The second-order valence-corrected chi connectivity index (χ2v) is 5.63. The zero-order chi connectivity index (χ0) is 12.1. The Labute approximate surface area is 105 Å². The van der Waals surface area contributed by atoms with Crippen molar-refractivity contribution in [1.29, 1.82) is 0 Å². The van der Waals surface area contributed by atoms with E-state index in [-0.39, 0.29) is 11.6 Å². The molecular weight excluding hydrogens is 236 g/mol. The predicted octanol–water partition coefficient (Wildman–Crippen LogP) is 2.77. The molecular formula is C11H18N4OS. The lowest BCUT2D eigenvalue weighted by Crippen LogP contribution is -2.47. The summed E-state index contributed by atoms with van der Waals surface area (Å²) in [6.45, 7) is 2.12. The number of carbonyl (C=O) groups is 1. The Morgan fingerprint density at radius 2 is 2.06 bits per heavy atom. The summed E-state index contributed by atoms with van der Waals surface area (Å²) in [6.07, 6.45) is 7.03. The first-order valence-corrected chi connectivity index (χ1v) is 6.91. The van der Waals surface area contributed by atoms with Gasteiger partial charge < -0.3 is 5.32 Å². The monoisotopic (exact) mass is 254 g/mol. The van der Waals surface area contributed by atoms with Crippen molar-refractivity contribution < 1.29 is 4.79 Å². The molecule has 0 aliphatic heterocycles. The van der Waals surface area contributed by atoms with Crippen LogP contribution < -0.4 is 10.6 Å². The molecule has 1 saturated carbocycles. The summed E-state index contributed by atoms with van der Waals surface area (Å²) in [4.78, 5) is 11.8. The van der Waals surface area contributed by atoms with Crippen LogP contribution in [0.25, 0.3) is 0 Å². The van der Waals surface area contributed by atoms with Gasteiger partial charge in [-0.1, -0.05) is 37.0 Å². The van der Waals surface area contributed by atoms with Crippen LogP contribution in [0.1, 0.15) is 45.4 Å². The molecule has 6 heteroatoms. The van der Waals surface area contributed by atoms with Crippen LogP contribution in [-0.4, -0.2) is 21.8 Å². The van der Waals surface area contributed by atoms with E-state index in [9.17, 15) is 4.79 Å². The fourth-order valence-corrected chi connectivity index (χ4v) is 2.70. The zero-order valence-corrected chi connectivity index (χ0v) is 10.8. The van der Waals surface area contributed by atoms with E-state index in [1.165, 1.54) is 37.0 Å². The Bertz CT molecular complexity index is 358. The quantitative estimate of drug-likeness (QED) is 0.797. The van der Waals surface area contributed by atoms with Gasteiger partial charge in [0.15, 0.2) is 0 Å². The Hall–Kier alpha value is -1.17. The molecule has 5 nitrogen and oxygen atoms in total. The summed E-state index contributed by atoms with van der Waals surface area (Å²) < 4.78 is 0. The number of hydrogen-bond acceptors (Lipinski definition) is 4. The number of nitrogens with zero attached hydrogens (tertiary/aromatic N) is 2. The fraction of sp³-hybridized carbons (Fsp3) is 0.727. The molecule has 2 amide bonds. The van der Waals surface area contributed by atoms with E-state index in [2.05, 4.69) is 27.8 Å². The topological polar surface area (TPSA) is 66.9 Å². The number of hydrogen-bond donors (Lipinski definition) is 2. The van der Waals surface area contributed by atoms with Crippen molar-refractivity contribution in [3.8, 4) is 0 Å². The highest BCUT2D eigenvalue weighted by molar-refractivity contribution is 7.13. The van der Waals surface area contributed by atoms with Crippen LogP contribution in [0.4, 0.5) is 9.93 Å². The molecule has 1 aromatic heterocycles. The number of carbonyl (C=O) groups excluding carboxylic acids is 1. The van der Waals surface area contributed by atoms with E-state index in [1.807, 2.05) is 0 Å². The average Bonchev–Trinajstić information content (AvgIpc) is 2.67. The van der Waals surface area contributed by atoms with Crippen LogP contribution in [-0.2, 0) is 0 Å². The van der Waals surface area contributed by atoms with Crippen LogP contribution in [0.3, 0.4) is 0 Å². The highest BCUT2D eigenvalue weighted by Crippen LogP contribution is 2.26. The Morgan fingerprint density at radius 1 is 1.35 bits per heavy atom. The maximum Gasteiger partial charge on any atom is 0.321 e. The number of nitrogens with one attached hydrogen (secondary N) is 2. The number of rotatable bonds is 2. The molecule has 0 bridgehead atoms. The van der Waals surface area contributed by atoms with E-state index in [0.29, 0.717) is 5.13 Å². The minimum Gasteiger partial charge on any atom is -0.333 e. The highest BCUT2D eigenvalue weighted by Gasteiger charge is 2.27. The molecule has 17 heavy (non-hydrogen) atoms. The van der Waals surface area contributed by atoms with Crippen molar-refractivity contribution in [2.45, 2.75) is 51.0 Å². The second kappa shape index (κ2) is 5.44. The van der Waals surface area contributed by atoms with E-state index in [4.69, 9.17) is 0 Å². The third kappa shape index (κ3) is 3.66. The summed E-state index contributed by atoms with van der Waals surface area (Å²) >= 11 is 1.32. The van der Waals surface area contributed by atoms with Crippen molar-refractivity contribution in [2.24, 2.45) is 0 Å². The minimum atomic E-state index is -0.175. The molecule has 0 saturated heterocycles. The van der Waals surface area contributed by atoms with Crippen LogP contribution in [0, 0.1) is 0 Å². The molecule has 1 aliphatic carbocycles. The van der Waals surface area contributed by atoms with Gasteiger partial charge in [-0.3, -0.25) is 5.32 Å². The first kappa shape index (κ1) is 12.3. The Balaban J connectivity index is 1.88. The van der Waals surface area contributed by atoms with Gasteiger partial charge in [0.25, 0.3) is 0 Å². The first-order chi connectivity index (χ1) is 8.18. The zero-order valence-electron chi connectivity index (χ0n) is 10.0. The van der Waals surface area contributed by atoms with Gasteiger partial charge in [0, 0.05) is 5.54 Å². The van der Waals surface area contributed by atoms with Crippen molar-refractivity contribution >= 4 is 22.5 Å². The summed E-state index contributed by atoms with van der Waals surface area (Å²) in [7, 11) is 0. The van der Waals surface area contributed by atoms with Crippen molar-refractivity contribution in [3.05, 3.63) is 5.51 Å². The molecule has 1 aromatic rings. The highest BCUT2D eigenvalue weighted by atomic mass is 32.1. The predicted molar refractivity (Wildman–Crippen MR) is 68.2 cm³/mol. The molecule has 0 radical (unpaired) electrons. The van der Waals surface area contributed by atoms with Crippen molar-refractivity contribution in [3.63, 3.8) is 0 Å². The maximum atomic E-state index is 11.8. The van der Waals surface area contributed by atoms with E-state index >= 15 is 0 Å². The smallest absolute Gasteiger partial charge is 0.321 e. The van der Waals surface area contributed by atoms with Gasteiger partial charge in [0.05, 0.1) is 0 Å². The third-order valence-electron chi connectivity index (χ3n) is 3.20. The molecule has 0 spiro atoms. The normalized spacial score (nSPS) is 19.4. The summed E-state index contributed by atoms with van der Waals surface area (Å²) in [6, 6.07) is -0.175. The molecule has 1 aliphatic rings. The van der Waals surface area contributed by atoms with Gasteiger partial charge >= 0.3 is 6.03 Å². The summed E-state index contributed by atoms with van der Waals surface area (Å²) in [5.41, 5.74) is 1.52. The fourth-order valence-electron chi connectivity index (χ4n) is 2.26. The SMILES string of the molecule is CC1(NC(=O)Nc2nncs2)CCCCCC1. The van der Waals surface area contributed by atoms with E-state index < -0.39 is 0 Å². The number of anilines is 1. The summed E-state index contributed by atoms with van der Waals surface area (Å²) in [5.74, 6) is 0. The molecule has 0 unspecified atom stereocenters. The molecule has 2 rings (SSSR count). The van der Waals surface area contributed by atoms with Crippen LogP contribution in [0.15, 0.2) is 5.51 Å². The van der Waals surface area contributed by atoms with Gasteiger partial charge in [-0.2, -0.15) is 0 Å². The molecule has 2 N–H and O–H groups in total. The standard InChI is InChI=1S/C11H18N4OS/c1-11(6-4-2-3-5-7-11)14-9(16)13-10-15-12-8-17-10/h8H,2-7H2,1H3,(H2,13,14,15,16). The number of urea groups is 1. The molecule has 0 atom stereocenters. The Kier molecular flexibility index (Phi) is 3.93. The molecule has 1 fully saturated rings. The first-order valence-electron chi connectivity index (χ1n) is 6.03.